The number of nitrogens with zero attached hydrogens (tertiary/aromatic N) is 2. The van der Waals surface area contributed by atoms with E-state index in [-0.39, 0.29) is 11.9 Å². The molecule has 2 aromatic rings. The number of halogens is 1. The second-order valence-electron chi connectivity index (χ2n) is 4.63. The van der Waals surface area contributed by atoms with Gasteiger partial charge in [0.2, 0.25) is 0 Å². The number of benzene rings is 1. The van der Waals surface area contributed by atoms with E-state index >= 15 is 0 Å². The zero-order valence-electron chi connectivity index (χ0n) is 11.4. The van der Waals surface area contributed by atoms with Crippen LogP contribution in [0, 0.1) is 5.82 Å². The van der Waals surface area contributed by atoms with E-state index in [1.54, 1.807) is 12.1 Å². The molecule has 0 spiro atoms. The van der Waals surface area contributed by atoms with E-state index in [9.17, 15) is 4.39 Å². The molecule has 0 amide bonds. The number of hydrogen-bond donors (Lipinski definition) is 1. The quantitative estimate of drug-likeness (QED) is 0.899. The molecule has 0 aliphatic rings. The van der Waals surface area contributed by atoms with Gasteiger partial charge in [-0.1, -0.05) is 25.1 Å². The van der Waals surface area contributed by atoms with Crippen LogP contribution in [0.4, 0.5) is 4.39 Å². The van der Waals surface area contributed by atoms with Crippen molar-refractivity contribution in [3.63, 3.8) is 0 Å². The maximum Gasteiger partial charge on any atom is 0.127 e. The van der Waals surface area contributed by atoms with Crippen molar-refractivity contribution in [2.45, 2.75) is 39.3 Å². The molecule has 19 heavy (non-hydrogen) atoms. The zero-order chi connectivity index (χ0) is 13.8. The molecular weight excluding hydrogens is 241 g/mol. The van der Waals surface area contributed by atoms with Crippen molar-refractivity contribution in [2.75, 3.05) is 0 Å². The summed E-state index contributed by atoms with van der Waals surface area (Å²) in [4.78, 5) is 0. The second kappa shape index (κ2) is 5.97. The first-order valence-corrected chi connectivity index (χ1v) is 6.71. The molecule has 0 aliphatic carbocycles. The molecule has 0 bridgehead atoms. The standard InChI is InChI=1S/C15H20FN3/c1-3-11-9-12(19(4-2)18-11)10-15(17)13-7-5-6-8-14(13)16/h5-9,15H,3-4,10,17H2,1-2H3. The highest BCUT2D eigenvalue weighted by Crippen LogP contribution is 2.19. The largest absolute Gasteiger partial charge is 0.324 e. The molecule has 1 unspecified atom stereocenters. The minimum Gasteiger partial charge on any atom is -0.324 e. The van der Waals surface area contributed by atoms with Crippen molar-refractivity contribution >= 4 is 0 Å². The first kappa shape index (κ1) is 13.7. The highest BCUT2D eigenvalue weighted by atomic mass is 19.1. The van der Waals surface area contributed by atoms with Gasteiger partial charge < -0.3 is 5.73 Å². The van der Waals surface area contributed by atoms with E-state index in [2.05, 4.69) is 18.1 Å². The Morgan fingerprint density at radius 1 is 1.32 bits per heavy atom. The number of aromatic nitrogens is 2. The summed E-state index contributed by atoms with van der Waals surface area (Å²) in [5.74, 6) is -0.242. The third-order valence-corrected chi connectivity index (χ3v) is 3.31. The first-order chi connectivity index (χ1) is 9.15. The minimum atomic E-state index is -0.340. The topological polar surface area (TPSA) is 43.8 Å². The van der Waals surface area contributed by atoms with E-state index in [4.69, 9.17) is 5.73 Å². The van der Waals surface area contributed by atoms with Crippen LogP contribution < -0.4 is 5.73 Å². The van der Waals surface area contributed by atoms with Gasteiger partial charge in [-0.25, -0.2) is 4.39 Å². The van der Waals surface area contributed by atoms with Crippen LogP contribution >= 0.6 is 0 Å². The van der Waals surface area contributed by atoms with Crippen molar-refractivity contribution in [3.8, 4) is 0 Å². The van der Waals surface area contributed by atoms with E-state index < -0.39 is 0 Å². The van der Waals surface area contributed by atoms with Crippen LogP contribution in [0.2, 0.25) is 0 Å². The Hall–Kier alpha value is -1.68. The van der Waals surface area contributed by atoms with Crippen molar-refractivity contribution in [3.05, 3.63) is 53.1 Å². The molecule has 3 nitrogen and oxygen atoms in total. The average molecular weight is 261 g/mol. The summed E-state index contributed by atoms with van der Waals surface area (Å²) in [7, 11) is 0. The Bertz CT molecular complexity index is 548. The maximum atomic E-state index is 13.7. The monoisotopic (exact) mass is 261 g/mol. The van der Waals surface area contributed by atoms with Gasteiger partial charge >= 0.3 is 0 Å². The van der Waals surface area contributed by atoms with Crippen LogP contribution in [0.3, 0.4) is 0 Å². The van der Waals surface area contributed by atoms with E-state index in [1.807, 2.05) is 17.7 Å². The van der Waals surface area contributed by atoms with Crippen LogP contribution in [-0.4, -0.2) is 9.78 Å². The number of hydrogen-bond acceptors (Lipinski definition) is 2. The van der Waals surface area contributed by atoms with Crippen molar-refractivity contribution in [1.82, 2.24) is 9.78 Å². The molecule has 2 N–H and O–H groups in total. The highest BCUT2D eigenvalue weighted by Gasteiger charge is 2.14. The fourth-order valence-electron chi connectivity index (χ4n) is 2.24. The summed E-state index contributed by atoms with van der Waals surface area (Å²) in [6.07, 6.45) is 1.50. The van der Waals surface area contributed by atoms with Gasteiger partial charge in [-0.3, -0.25) is 4.68 Å². The molecular formula is C15H20FN3. The second-order valence-corrected chi connectivity index (χ2v) is 4.63. The summed E-state index contributed by atoms with van der Waals surface area (Å²) >= 11 is 0. The molecule has 4 heteroatoms. The SMILES string of the molecule is CCc1cc(CC(N)c2ccccc2F)n(CC)n1. The zero-order valence-corrected chi connectivity index (χ0v) is 11.4. The van der Waals surface area contributed by atoms with Gasteiger partial charge in [-0.2, -0.15) is 5.10 Å². The van der Waals surface area contributed by atoms with E-state index in [0.717, 1.165) is 24.4 Å². The van der Waals surface area contributed by atoms with Crippen LogP contribution in [0.5, 0.6) is 0 Å². The molecule has 1 atom stereocenters. The molecule has 1 aromatic heterocycles. The molecule has 2 rings (SSSR count). The maximum absolute atomic E-state index is 13.7. The molecule has 0 saturated heterocycles. The molecule has 0 aliphatic heterocycles. The van der Waals surface area contributed by atoms with Gasteiger partial charge in [0.15, 0.2) is 0 Å². The van der Waals surface area contributed by atoms with Crippen LogP contribution in [-0.2, 0) is 19.4 Å². The third-order valence-electron chi connectivity index (χ3n) is 3.31. The smallest absolute Gasteiger partial charge is 0.127 e. The predicted octanol–water partition coefficient (Wildman–Crippen LogP) is 2.85. The van der Waals surface area contributed by atoms with Crippen molar-refractivity contribution in [2.24, 2.45) is 5.73 Å². The molecule has 0 fully saturated rings. The predicted molar refractivity (Wildman–Crippen MR) is 74.3 cm³/mol. The van der Waals surface area contributed by atoms with Gasteiger partial charge in [0.05, 0.1) is 5.69 Å². The summed E-state index contributed by atoms with van der Waals surface area (Å²) in [5.41, 5.74) is 8.80. The first-order valence-electron chi connectivity index (χ1n) is 6.71. The molecule has 1 aromatic carbocycles. The van der Waals surface area contributed by atoms with Gasteiger partial charge in [0.1, 0.15) is 5.82 Å². The lowest BCUT2D eigenvalue weighted by Crippen LogP contribution is -2.17. The fraction of sp³-hybridized carbons (Fsp3) is 0.400. The Labute approximate surface area is 113 Å². The van der Waals surface area contributed by atoms with E-state index in [0.29, 0.717) is 12.0 Å². The summed E-state index contributed by atoms with van der Waals surface area (Å²) < 4.78 is 15.6. The highest BCUT2D eigenvalue weighted by molar-refractivity contribution is 5.23. The van der Waals surface area contributed by atoms with Gasteiger partial charge in [0.25, 0.3) is 0 Å². The fourth-order valence-corrected chi connectivity index (χ4v) is 2.24. The normalized spacial score (nSPS) is 12.6. The lowest BCUT2D eigenvalue weighted by molar-refractivity contribution is 0.555. The Kier molecular flexibility index (Phi) is 4.32. The Morgan fingerprint density at radius 2 is 2.05 bits per heavy atom. The molecule has 0 saturated carbocycles. The molecule has 0 radical (unpaired) electrons. The lowest BCUT2D eigenvalue weighted by Gasteiger charge is -2.13. The van der Waals surface area contributed by atoms with Crippen LogP contribution in [0.25, 0.3) is 0 Å². The van der Waals surface area contributed by atoms with Gasteiger partial charge in [-0.15, -0.1) is 0 Å². The van der Waals surface area contributed by atoms with Crippen molar-refractivity contribution in [1.29, 1.82) is 0 Å². The molecule has 1 heterocycles. The molecule has 102 valence electrons. The number of rotatable bonds is 5. The van der Waals surface area contributed by atoms with Crippen LogP contribution in [0.15, 0.2) is 30.3 Å². The Morgan fingerprint density at radius 3 is 2.68 bits per heavy atom. The van der Waals surface area contributed by atoms with Crippen LogP contribution in [0.1, 0.15) is 36.8 Å². The lowest BCUT2D eigenvalue weighted by atomic mass is 10.0. The number of aryl methyl sites for hydroxylation is 2. The third kappa shape index (κ3) is 3.01. The van der Waals surface area contributed by atoms with E-state index in [1.165, 1.54) is 6.07 Å². The Balaban J connectivity index is 2.21. The summed E-state index contributed by atoms with van der Waals surface area (Å²) in [6, 6.07) is 8.40. The average Bonchev–Trinajstić information content (AvgIpc) is 2.81. The van der Waals surface area contributed by atoms with Gasteiger partial charge in [0, 0.05) is 30.3 Å². The summed E-state index contributed by atoms with van der Waals surface area (Å²) in [5, 5.41) is 4.48. The van der Waals surface area contributed by atoms with Gasteiger partial charge in [-0.05, 0) is 25.5 Å². The summed E-state index contributed by atoms with van der Waals surface area (Å²) in [6.45, 7) is 4.92. The number of nitrogens with two attached hydrogens (primary N) is 1. The van der Waals surface area contributed by atoms with Crippen molar-refractivity contribution < 1.29 is 4.39 Å². The minimum absolute atomic E-state index is 0.242.